The predicted octanol–water partition coefficient (Wildman–Crippen LogP) is 5.34. The SMILES string of the molecule is CCC(NC(C)c1ccc(Cl)s1)c1ccc(F)cc1. The summed E-state index contributed by atoms with van der Waals surface area (Å²) in [5.74, 6) is -0.198. The average Bonchev–Trinajstić information content (AvgIpc) is 2.84. The number of benzene rings is 1. The first-order valence-corrected chi connectivity index (χ1v) is 7.56. The Kier molecular flexibility index (Phi) is 4.97. The lowest BCUT2D eigenvalue weighted by Gasteiger charge is -2.22. The summed E-state index contributed by atoms with van der Waals surface area (Å²) in [5.41, 5.74) is 1.11. The summed E-state index contributed by atoms with van der Waals surface area (Å²) >= 11 is 7.55. The van der Waals surface area contributed by atoms with Crippen molar-refractivity contribution >= 4 is 22.9 Å². The zero-order chi connectivity index (χ0) is 13.8. The predicted molar refractivity (Wildman–Crippen MR) is 80.3 cm³/mol. The summed E-state index contributed by atoms with van der Waals surface area (Å²) in [6.07, 6.45) is 0.953. The van der Waals surface area contributed by atoms with Crippen molar-refractivity contribution in [2.24, 2.45) is 0 Å². The largest absolute Gasteiger partial charge is 0.303 e. The van der Waals surface area contributed by atoms with Crippen LogP contribution in [0.5, 0.6) is 0 Å². The molecule has 0 aliphatic rings. The minimum atomic E-state index is -0.198. The lowest BCUT2D eigenvalue weighted by Crippen LogP contribution is -2.23. The van der Waals surface area contributed by atoms with Crippen molar-refractivity contribution in [1.82, 2.24) is 5.32 Å². The lowest BCUT2D eigenvalue weighted by molar-refractivity contribution is 0.460. The molecule has 0 aliphatic heterocycles. The van der Waals surface area contributed by atoms with Crippen LogP contribution in [0, 0.1) is 5.82 Å². The van der Waals surface area contributed by atoms with E-state index in [1.54, 1.807) is 11.3 Å². The van der Waals surface area contributed by atoms with Crippen molar-refractivity contribution in [3.8, 4) is 0 Å². The highest BCUT2D eigenvalue weighted by Gasteiger charge is 2.15. The fraction of sp³-hybridized carbons (Fsp3) is 0.333. The Hall–Kier alpha value is -0.900. The van der Waals surface area contributed by atoms with Crippen LogP contribution in [0.3, 0.4) is 0 Å². The monoisotopic (exact) mass is 297 g/mol. The van der Waals surface area contributed by atoms with Gasteiger partial charge in [-0.3, -0.25) is 0 Å². The van der Waals surface area contributed by atoms with Gasteiger partial charge in [-0.25, -0.2) is 4.39 Å². The van der Waals surface area contributed by atoms with E-state index in [0.29, 0.717) is 0 Å². The van der Waals surface area contributed by atoms with Crippen LogP contribution in [-0.4, -0.2) is 0 Å². The van der Waals surface area contributed by atoms with Gasteiger partial charge < -0.3 is 5.32 Å². The first-order valence-electron chi connectivity index (χ1n) is 6.37. The van der Waals surface area contributed by atoms with Crippen molar-refractivity contribution < 1.29 is 4.39 Å². The Balaban J connectivity index is 2.08. The highest BCUT2D eigenvalue weighted by Crippen LogP contribution is 2.29. The molecule has 0 radical (unpaired) electrons. The number of nitrogens with one attached hydrogen (secondary N) is 1. The molecule has 0 amide bonds. The standard InChI is InChI=1S/C15H17ClFNS/c1-3-13(11-4-6-12(17)7-5-11)18-10(2)14-8-9-15(16)19-14/h4-10,13,18H,3H2,1-2H3. The van der Waals surface area contributed by atoms with E-state index in [-0.39, 0.29) is 17.9 Å². The molecule has 2 aromatic rings. The van der Waals surface area contributed by atoms with E-state index in [9.17, 15) is 4.39 Å². The molecule has 2 rings (SSSR count). The molecule has 19 heavy (non-hydrogen) atoms. The summed E-state index contributed by atoms with van der Waals surface area (Å²) in [5, 5.41) is 3.56. The zero-order valence-corrected chi connectivity index (χ0v) is 12.6. The molecule has 0 spiro atoms. The van der Waals surface area contributed by atoms with Gasteiger partial charge in [-0.1, -0.05) is 30.7 Å². The maximum atomic E-state index is 13.0. The molecule has 0 saturated carbocycles. The van der Waals surface area contributed by atoms with E-state index < -0.39 is 0 Å². The van der Waals surface area contributed by atoms with Gasteiger partial charge in [0, 0.05) is 17.0 Å². The van der Waals surface area contributed by atoms with E-state index in [2.05, 4.69) is 19.2 Å². The molecule has 2 atom stereocenters. The molecule has 1 heterocycles. The fourth-order valence-electron chi connectivity index (χ4n) is 2.09. The van der Waals surface area contributed by atoms with Gasteiger partial charge in [0.25, 0.3) is 0 Å². The van der Waals surface area contributed by atoms with Gasteiger partial charge in [-0.2, -0.15) is 0 Å². The van der Waals surface area contributed by atoms with Crippen LogP contribution in [-0.2, 0) is 0 Å². The van der Waals surface area contributed by atoms with Crippen LogP contribution >= 0.6 is 22.9 Å². The first kappa shape index (κ1) is 14.5. The quantitative estimate of drug-likeness (QED) is 0.785. The minimum absolute atomic E-state index is 0.198. The molecule has 1 nitrogen and oxygen atoms in total. The molecule has 2 unspecified atom stereocenters. The van der Waals surface area contributed by atoms with E-state index in [1.165, 1.54) is 17.0 Å². The fourth-order valence-corrected chi connectivity index (χ4v) is 3.16. The van der Waals surface area contributed by atoms with Crippen molar-refractivity contribution in [2.75, 3.05) is 0 Å². The summed E-state index contributed by atoms with van der Waals surface area (Å²) in [6, 6.07) is 11.1. The van der Waals surface area contributed by atoms with Crippen molar-refractivity contribution in [3.63, 3.8) is 0 Å². The Morgan fingerprint density at radius 1 is 1.21 bits per heavy atom. The van der Waals surface area contributed by atoms with E-state index in [4.69, 9.17) is 11.6 Å². The van der Waals surface area contributed by atoms with Crippen LogP contribution in [0.15, 0.2) is 36.4 Å². The van der Waals surface area contributed by atoms with E-state index in [1.807, 2.05) is 24.3 Å². The van der Waals surface area contributed by atoms with E-state index in [0.717, 1.165) is 16.3 Å². The maximum absolute atomic E-state index is 13.0. The molecule has 1 aromatic heterocycles. The Labute approximate surface area is 122 Å². The van der Waals surface area contributed by atoms with Gasteiger partial charge in [0.15, 0.2) is 0 Å². The molecule has 4 heteroatoms. The Bertz CT molecular complexity index is 523. The van der Waals surface area contributed by atoms with Crippen LogP contribution in [0.4, 0.5) is 4.39 Å². The second-order valence-electron chi connectivity index (χ2n) is 4.54. The highest BCUT2D eigenvalue weighted by molar-refractivity contribution is 7.16. The molecular formula is C15H17ClFNS. The number of halogens is 2. The molecular weight excluding hydrogens is 281 g/mol. The summed E-state index contributed by atoms with van der Waals surface area (Å²) < 4.78 is 13.8. The van der Waals surface area contributed by atoms with Gasteiger partial charge in [0.2, 0.25) is 0 Å². The summed E-state index contributed by atoms with van der Waals surface area (Å²) in [7, 11) is 0. The second kappa shape index (κ2) is 6.51. The Morgan fingerprint density at radius 2 is 1.89 bits per heavy atom. The van der Waals surface area contributed by atoms with Crippen molar-refractivity contribution in [3.05, 3.63) is 57.0 Å². The smallest absolute Gasteiger partial charge is 0.123 e. The molecule has 0 fully saturated rings. The molecule has 102 valence electrons. The van der Waals surface area contributed by atoms with Crippen LogP contribution in [0.2, 0.25) is 4.34 Å². The van der Waals surface area contributed by atoms with Crippen LogP contribution < -0.4 is 5.32 Å². The van der Waals surface area contributed by atoms with Crippen molar-refractivity contribution in [2.45, 2.75) is 32.4 Å². The average molecular weight is 298 g/mol. The number of rotatable bonds is 5. The third-order valence-electron chi connectivity index (χ3n) is 3.15. The number of hydrogen-bond donors (Lipinski definition) is 1. The topological polar surface area (TPSA) is 12.0 Å². The molecule has 0 saturated heterocycles. The Morgan fingerprint density at radius 3 is 2.42 bits per heavy atom. The number of hydrogen-bond acceptors (Lipinski definition) is 2. The molecule has 0 aliphatic carbocycles. The highest BCUT2D eigenvalue weighted by atomic mass is 35.5. The van der Waals surface area contributed by atoms with E-state index >= 15 is 0 Å². The number of thiophene rings is 1. The second-order valence-corrected chi connectivity index (χ2v) is 6.29. The zero-order valence-electron chi connectivity index (χ0n) is 11.0. The van der Waals surface area contributed by atoms with Gasteiger partial charge in [0.1, 0.15) is 5.82 Å². The lowest BCUT2D eigenvalue weighted by atomic mass is 10.0. The summed E-state index contributed by atoms with van der Waals surface area (Å²) in [6.45, 7) is 4.24. The van der Waals surface area contributed by atoms with Crippen LogP contribution in [0.1, 0.15) is 42.8 Å². The maximum Gasteiger partial charge on any atom is 0.123 e. The van der Waals surface area contributed by atoms with Gasteiger partial charge in [-0.05, 0) is 43.2 Å². The summed E-state index contributed by atoms with van der Waals surface area (Å²) in [4.78, 5) is 1.21. The van der Waals surface area contributed by atoms with Gasteiger partial charge >= 0.3 is 0 Å². The van der Waals surface area contributed by atoms with Crippen molar-refractivity contribution in [1.29, 1.82) is 0 Å². The normalized spacial score (nSPS) is 14.3. The molecule has 1 N–H and O–H groups in total. The molecule has 1 aromatic carbocycles. The van der Waals surface area contributed by atoms with Crippen LogP contribution in [0.25, 0.3) is 0 Å². The third kappa shape index (κ3) is 3.78. The molecule has 0 bridgehead atoms. The first-order chi connectivity index (χ1) is 9.10. The van der Waals surface area contributed by atoms with Gasteiger partial charge in [-0.15, -0.1) is 11.3 Å². The third-order valence-corrected chi connectivity index (χ3v) is 4.57. The van der Waals surface area contributed by atoms with Gasteiger partial charge in [0.05, 0.1) is 4.34 Å². The minimum Gasteiger partial charge on any atom is -0.303 e.